The maximum atomic E-state index is 13.7. The fourth-order valence-electron chi connectivity index (χ4n) is 2.42. The zero-order valence-electron chi connectivity index (χ0n) is 9.93. The van der Waals surface area contributed by atoms with E-state index in [2.05, 4.69) is 0 Å². The van der Waals surface area contributed by atoms with Crippen molar-refractivity contribution in [2.75, 3.05) is 24.6 Å². The smallest absolute Gasteiger partial charge is 0.131 e. The van der Waals surface area contributed by atoms with Gasteiger partial charge in [0.05, 0.1) is 6.10 Å². The molecule has 94 valence electrons. The topological polar surface area (TPSA) is 43.7 Å². The molecule has 4 heteroatoms. The van der Waals surface area contributed by atoms with Gasteiger partial charge in [0, 0.05) is 36.9 Å². The van der Waals surface area contributed by atoms with Crippen LogP contribution in [0.1, 0.15) is 25.0 Å². The zero-order chi connectivity index (χ0) is 12.4. The first-order valence-corrected chi connectivity index (χ1v) is 5.95. The van der Waals surface area contributed by atoms with Crippen LogP contribution in [0.2, 0.25) is 0 Å². The highest BCUT2D eigenvalue weighted by molar-refractivity contribution is 5.55. The highest BCUT2D eigenvalue weighted by Gasteiger charge is 2.25. The Hall–Kier alpha value is -1.13. The molecule has 2 rings (SSSR count). The molecule has 1 saturated heterocycles. The number of benzene rings is 1. The van der Waals surface area contributed by atoms with Crippen molar-refractivity contribution in [1.82, 2.24) is 0 Å². The average Bonchev–Trinajstić information content (AvgIpc) is 2.76. The number of hydrogen-bond donors (Lipinski definition) is 2. The van der Waals surface area contributed by atoms with Crippen molar-refractivity contribution in [3.8, 4) is 0 Å². The summed E-state index contributed by atoms with van der Waals surface area (Å²) in [6.45, 7) is 3.26. The number of aliphatic hydroxyl groups is 2. The minimum atomic E-state index is -0.820. The molecular formula is C13H18FNO2. The summed E-state index contributed by atoms with van der Waals surface area (Å²) >= 11 is 0. The van der Waals surface area contributed by atoms with E-state index in [0.717, 1.165) is 25.2 Å². The molecule has 17 heavy (non-hydrogen) atoms. The van der Waals surface area contributed by atoms with Crippen LogP contribution in [0.15, 0.2) is 18.2 Å². The molecule has 1 aliphatic rings. The first-order valence-electron chi connectivity index (χ1n) is 5.95. The molecule has 2 N–H and O–H groups in total. The first-order chi connectivity index (χ1) is 8.13. The molecule has 0 radical (unpaired) electrons. The quantitative estimate of drug-likeness (QED) is 0.843. The standard InChI is InChI=1S/C13H18FNO2/c1-9(17)13-11(14)3-2-4-12(13)15-6-5-10(7-15)8-16/h2-4,9-10,16-17H,5-8H2,1H3. The maximum absolute atomic E-state index is 13.7. The van der Waals surface area contributed by atoms with Gasteiger partial charge in [-0.3, -0.25) is 0 Å². The number of anilines is 1. The molecule has 3 nitrogen and oxygen atoms in total. The minimum Gasteiger partial charge on any atom is -0.396 e. The lowest BCUT2D eigenvalue weighted by molar-refractivity contribution is 0.194. The van der Waals surface area contributed by atoms with E-state index in [1.807, 2.05) is 11.0 Å². The normalized spacial score (nSPS) is 21.9. The van der Waals surface area contributed by atoms with Crippen molar-refractivity contribution < 1.29 is 14.6 Å². The van der Waals surface area contributed by atoms with Crippen LogP contribution in [0.3, 0.4) is 0 Å². The predicted octanol–water partition coefficient (Wildman–Crippen LogP) is 1.70. The van der Waals surface area contributed by atoms with E-state index in [0.29, 0.717) is 5.56 Å². The van der Waals surface area contributed by atoms with E-state index < -0.39 is 6.10 Å². The van der Waals surface area contributed by atoms with Crippen LogP contribution >= 0.6 is 0 Å². The van der Waals surface area contributed by atoms with Gasteiger partial charge in [0.2, 0.25) is 0 Å². The van der Waals surface area contributed by atoms with Crippen LogP contribution in [0.4, 0.5) is 10.1 Å². The molecule has 0 spiro atoms. The summed E-state index contributed by atoms with van der Waals surface area (Å²) in [6.07, 6.45) is 0.0890. The van der Waals surface area contributed by atoms with Crippen LogP contribution in [0, 0.1) is 11.7 Å². The summed E-state index contributed by atoms with van der Waals surface area (Å²) in [5.41, 5.74) is 1.10. The van der Waals surface area contributed by atoms with Crippen LogP contribution < -0.4 is 4.90 Å². The molecule has 0 aromatic heterocycles. The van der Waals surface area contributed by atoms with Crippen molar-refractivity contribution in [2.24, 2.45) is 5.92 Å². The van der Waals surface area contributed by atoms with Gasteiger partial charge in [-0.05, 0) is 25.5 Å². The second-order valence-corrected chi connectivity index (χ2v) is 4.63. The lowest BCUT2D eigenvalue weighted by Gasteiger charge is -2.23. The number of halogens is 1. The minimum absolute atomic E-state index is 0.163. The monoisotopic (exact) mass is 239 g/mol. The summed E-state index contributed by atoms with van der Waals surface area (Å²) in [5.74, 6) is -0.120. The Kier molecular flexibility index (Phi) is 3.64. The van der Waals surface area contributed by atoms with E-state index >= 15 is 0 Å². The van der Waals surface area contributed by atoms with Crippen molar-refractivity contribution in [1.29, 1.82) is 0 Å². The largest absolute Gasteiger partial charge is 0.396 e. The molecule has 0 aliphatic carbocycles. The molecule has 1 heterocycles. The number of nitrogens with zero attached hydrogens (tertiary/aromatic N) is 1. The fraction of sp³-hybridized carbons (Fsp3) is 0.538. The number of rotatable bonds is 3. The molecule has 1 aliphatic heterocycles. The highest BCUT2D eigenvalue weighted by Crippen LogP contribution is 2.32. The third-order valence-corrected chi connectivity index (χ3v) is 3.33. The van der Waals surface area contributed by atoms with E-state index in [1.54, 1.807) is 13.0 Å². The Balaban J connectivity index is 2.29. The van der Waals surface area contributed by atoms with Crippen molar-refractivity contribution in [2.45, 2.75) is 19.4 Å². The van der Waals surface area contributed by atoms with Gasteiger partial charge < -0.3 is 15.1 Å². The molecule has 2 atom stereocenters. The first kappa shape index (κ1) is 12.3. The third-order valence-electron chi connectivity index (χ3n) is 3.33. The lowest BCUT2D eigenvalue weighted by atomic mass is 10.1. The van der Waals surface area contributed by atoms with Gasteiger partial charge in [-0.25, -0.2) is 4.39 Å². The van der Waals surface area contributed by atoms with Crippen molar-refractivity contribution >= 4 is 5.69 Å². The molecule has 1 aromatic carbocycles. The maximum Gasteiger partial charge on any atom is 0.131 e. The van der Waals surface area contributed by atoms with Gasteiger partial charge in [0.1, 0.15) is 5.82 Å². The van der Waals surface area contributed by atoms with Gasteiger partial charge >= 0.3 is 0 Å². The molecule has 2 unspecified atom stereocenters. The Morgan fingerprint density at radius 3 is 2.88 bits per heavy atom. The molecule has 0 amide bonds. The molecule has 0 saturated carbocycles. The Bertz CT molecular complexity index is 395. The van der Waals surface area contributed by atoms with E-state index in [9.17, 15) is 9.50 Å². The average molecular weight is 239 g/mol. The summed E-state index contributed by atoms with van der Waals surface area (Å²) < 4.78 is 13.7. The van der Waals surface area contributed by atoms with Crippen molar-refractivity contribution in [3.05, 3.63) is 29.6 Å². The van der Waals surface area contributed by atoms with Gasteiger partial charge in [0.15, 0.2) is 0 Å². The Labute approximate surface area is 100 Å². The third kappa shape index (κ3) is 2.42. The number of hydrogen-bond acceptors (Lipinski definition) is 3. The van der Waals surface area contributed by atoms with Crippen molar-refractivity contribution in [3.63, 3.8) is 0 Å². The number of aliphatic hydroxyl groups excluding tert-OH is 2. The molecular weight excluding hydrogens is 221 g/mol. The van der Waals surface area contributed by atoms with E-state index in [-0.39, 0.29) is 18.3 Å². The second-order valence-electron chi connectivity index (χ2n) is 4.63. The Morgan fingerprint density at radius 2 is 2.29 bits per heavy atom. The molecule has 1 aromatic rings. The predicted molar refractivity (Wildman–Crippen MR) is 64.4 cm³/mol. The summed E-state index contributed by atoms with van der Waals surface area (Å²) in [5, 5.41) is 18.8. The summed E-state index contributed by atoms with van der Waals surface area (Å²) in [6, 6.07) is 4.85. The SMILES string of the molecule is CC(O)c1c(F)cccc1N1CCC(CO)C1. The molecule has 0 bridgehead atoms. The summed E-state index contributed by atoms with van der Waals surface area (Å²) in [4.78, 5) is 2.03. The fourth-order valence-corrected chi connectivity index (χ4v) is 2.42. The lowest BCUT2D eigenvalue weighted by Crippen LogP contribution is -2.22. The molecule has 1 fully saturated rings. The van der Waals surface area contributed by atoms with Gasteiger partial charge in [0.25, 0.3) is 0 Å². The van der Waals surface area contributed by atoms with E-state index in [4.69, 9.17) is 5.11 Å². The summed E-state index contributed by atoms with van der Waals surface area (Å²) in [7, 11) is 0. The van der Waals surface area contributed by atoms with Crippen LogP contribution in [-0.2, 0) is 0 Å². The second kappa shape index (κ2) is 5.02. The zero-order valence-corrected chi connectivity index (χ0v) is 9.93. The van der Waals surface area contributed by atoms with Crippen LogP contribution in [-0.4, -0.2) is 29.9 Å². The van der Waals surface area contributed by atoms with Gasteiger partial charge in [-0.1, -0.05) is 6.07 Å². The van der Waals surface area contributed by atoms with E-state index in [1.165, 1.54) is 6.07 Å². The van der Waals surface area contributed by atoms with Gasteiger partial charge in [-0.15, -0.1) is 0 Å². The Morgan fingerprint density at radius 1 is 1.53 bits per heavy atom. The highest BCUT2D eigenvalue weighted by atomic mass is 19.1. The van der Waals surface area contributed by atoms with Crippen LogP contribution in [0.25, 0.3) is 0 Å². The van der Waals surface area contributed by atoms with Crippen LogP contribution in [0.5, 0.6) is 0 Å². The van der Waals surface area contributed by atoms with Gasteiger partial charge in [-0.2, -0.15) is 0 Å².